The van der Waals surface area contributed by atoms with Gasteiger partial charge in [0.25, 0.3) is 0 Å². The Morgan fingerprint density at radius 3 is 0.978 bits per heavy atom. The van der Waals surface area contributed by atoms with Gasteiger partial charge >= 0.3 is 73.1 Å². The molecule has 0 heterocycles. The molecule has 16 saturated carbocycles. The van der Waals surface area contributed by atoms with E-state index >= 15 is 0 Å². The number of nitrogens with two attached hydrogens (primary N) is 1. The van der Waals surface area contributed by atoms with Crippen molar-refractivity contribution in [2.45, 2.75) is 381 Å². The molecule has 776 valence electrons. The zero-order valence-electron chi connectivity index (χ0n) is 83.8. The van der Waals surface area contributed by atoms with E-state index in [4.69, 9.17) is 38.0 Å². The molecule has 0 spiro atoms. The molecule has 0 saturated heterocycles. The molecule has 135 heavy (non-hydrogen) atoms. The number of rotatable bonds is 20. The summed E-state index contributed by atoms with van der Waals surface area (Å²) >= 11 is 0. The smallest absolute Gasteiger partial charge is 0.870 e. The number of halogens is 1. The number of carbonyl (C=O) groups excluding carboxylic acids is 4. The first-order valence-corrected chi connectivity index (χ1v) is 55.8. The molecule has 0 aromatic carbocycles. The van der Waals surface area contributed by atoms with Crippen molar-refractivity contribution in [1.82, 2.24) is 15.6 Å². The molecular weight excluding hydrogens is 1830 g/mol. The minimum atomic E-state index is -4.76. The SMILES string of the molecule is COC(=O)CC[C@@H](C)[C@H]1CC[C@H]2[C@@H]3C(=O)[C@H](O)[C@@H]4C[C@H](O)CC[C@]4(C)[C@H]3CC[C@]12C.COC(=O)CC[C@@H](C)[C@H]1CC[C@H]2[C@@H]3[C@H](N)[C@H](O)[C@@H]4C[C@H](O)CC[C@]4(C)[C@H]3CC[C@]12C.COC(=O)CC[C@@H](C)[C@H]1CC[C@H]2[C@@H]3[C@H](NS(=O)(=O)O)[C@H](O)[C@@H]4C[C@H](O)CC[C@]4(C)[C@H]3CC[C@]12C.C[C@H](CCC(=O)O)[C@H]1CC[C@H]2[C@@H]3[C@H](NS(=O)(=O)[O-])[C@H](O)[C@@H]4C[C@H](O)CC[C@]4(C)[C@H]3CC[C@]12C.O=S(=O)(O)Cl.[NH4+].[Na+].[OH-]. The number of nitrogens with one attached hydrogen (secondary N) is 2. The number of aliphatic hydroxyl groups is 8. The summed E-state index contributed by atoms with van der Waals surface area (Å²) in [5.41, 5.74) is 6.71. The molecule has 0 bridgehead atoms. The topological polar surface area (TPSA) is 578 Å². The van der Waals surface area contributed by atoms with E-state index in [9.17, 15) is 90.8 Å². The van der Waals surface area contributed by atoms with Crippen LogP contribution in [0.2, 0.25) is 0 Å². The molecule has 0 amide bonds. The summed E-state index contributed by atoms with van der Waals surface area (Å²) in [5.74, 6) is 4.35. The number of fused-ring (bicyclic) bond motifs is 20. The second-order valence-electron chi connectivity index (χ2n) is 47.9. The Bertz CT molecular complexity index is 4390. The molecule has 20 N–H and O–H groups in total. The summed E-state index contributed by atoms with van der Waals surface area (Å²) in [5, 5.41) is 95.5. The standard InChI is InChI=1S/C25H43NO7S.C25H43NO4.C25H40O5.C24H41NO7S.ClHO3S.H3N.Na.H2O/c1-14(5-8-20(28)33-4)16-6-7-17-21-18(10-12-24(16,17)2)25(3)11-9-15(27)13-19(25)23(29)22(21)26-34(30,31)32;1-14(5-8-20(28)30-4)16-6-7-17-21-18(10-12-24(16,17)2)25(3)11-9-15(27)13-19(25)23(29)22(21)26;1-14(5-8-20(27)30-4)16-6-7-17-21-18(10-12-24(16,17)2)25(3)11-9-15(26)13-19(25)22(28)23(21)29;1-13(4-7-19(27)28)15-5-6-16-20-17(9-11-23(15,16)2)24(3)10-8-14(26)12-18(24)22(29)21(20)25-33(30,31)32;1-5(2,3)4;;;/h14-19,21-23,26-27,29H,5-13H2,1-4H3,(H,30,31,32);14-19,21-23,27,29H,5-13,26H2,1-4H3;14-19,21-22,26,28H,5-13H2,1-4H3;13-18,20-22,25-26,29H,4-12H2,1-3H3,(H,27,28)(H,30,31,32);(H,2,3,4);1H3;;1H2/q;;;;;;+1;/p-1/t2*14-,15-,16-,17+,18+,19+,21+,22+,23-,24-,25-;14-,15-,16-,17+,18+,19+,21+,22-,24-,25-;13-,14-,15-,16+,17+,18+,20+,21+,22-,23-,24-;;;;/m1111..../s1. The Hall–Kier alpha value is -1.95. The molecule has 0 aromatic heterocycles. The molecule has 16 rings (SSSR count). The molecule has 16 aliphatic carbocycles. The first kappa shape index (κ1) is 117. The van der Waals surface area contributed by atoms with E-state index in [1.807, 2.05) is 0 Å². The van der Waals surface area contributed by atoms with Crippen LogP contribution in [0.25, 0.3) is 0 Å². The predicted molar refractivity (Wildman–Crippen MR) is 503 cm³/mol. The van der Waals surface area contributed by atoms with Crippen LogP contribution >= 0.6 is 10.7 Å². The minimum Gasteiger partial charge on any atom is -0.870 e. The average Bonchev–Trinajstić information content (AvgIpc) is 1.65. The van der Waals surface area contributed by atoms with Crippen molar-refractivity contribution >= 4 is 70.3 Å². The number of esters is 3. The van der Waals surface area contributed by atoms with Crippen LogP contribution in [0, 0.1) is 185 Å². The summed E-state index contributed by atoms with van der Waals surface area (Å²) in [7, 11) is -5.08. The molecule has 36 heteroatoms. The molecule has 0 aliphatic heterocycles. The van der Waals surface area contributed by atoms with E-state index in [0.29, 0.717) is 135 Å². The maximum absolute atomic E-state index is 13.5. The van der Waals surface area contributed by atoms with E-state index in [1.165, 1.54) is 47.0 Å². The number of aliphatic carboxylic acids is 1. The van der Waals surface area contributed by atoms with Crippen LogP contribution < -0.4 is 50.9 Å². The third-order valence-corrected chi connectivity index (χ3v) is 43.5. The number of ketones is 1. The average molecular weight is 2010 g/mol. The van der Waals surface area contributed by atoms with Crippen molar-refractivity contribution in [2.75, 3.05) is 21.3 Å². The summed E-state index contributed by atoms with van der Waals surface area (Å²) in [6.07, 6.45) is 25.0. The summed E-state index contributed by atoms with van der Waals surface area (Å²) in [4.78, 5) is 59.7. The van der Waals surface area contributed by atoms with Crippen molar-refractivity contribution in [3.8, 4) is 0 Å². The zero-order chi connectivity index (χ0) is 97.6. The number of hydrogen-bond donors (Lipinski definition) is 15. The van der Waals surface area contributed by atoms with Gasteiger partial charge in [0.1, 0.15) is 6.10 Å². The van der Waals surface area contributed by atoms with E-state index in [1.54, 1.807) is 0 Å². The first-order chi connectivity index (χ1) is 61.4. The van der Waals surface area contributed by atoms with Gasteiger partial charge < -0.3 is 82.1 Å². The molecule has 16 aliphatic rings. The maximum Gasteiger partial charge on any atom is 1.00 e. The fourth-order valence-electron chi connectivity index (χ4n) is 35.9. The minimum absolute atomic E-state index is 0. The number of carboxylic acids is 1. The van der Waals surface area contributed by atoms with Gasteiger partial charge in [0.05, 0.1) is 76.1 Å². The van der Waals surface area contributed by atoms with Crippen LogP contribution in [0.4, 0.5) is 0 Å². The zero-order valence-corrected chi connectivity index (χ0v) is 89.0. The van der Waals surface area contributed by atoms with Crippen LogP contribution in [0.5, 0.6) is 0 Å². The number of carbonyl (C=O) groups is 5. The van der Waals surface area contributed by atoms with Gasteiger partial charge in [-0.3, -0.25) is 33.1 Å². The van der Waals surface area contributed by atoms with E-state index < -0.39 is 84.6 Å². The van der Waals surface area contributed by atoms with Gasteiger partial charge in [-0.05, 0) is 379 Å². The summed E-state index contributed by atoms with van der Waals surface area (Å²) < 4.78 is 114. The normalized spacial score (nSPS) is 46.5. The van der Waals surface area contributed by atoms with Crippen molar-refractivity contribution < 1.29 is 158 Å². The number of methoxy groups -OCH3 is 3. The van der Waals surface area contributed by atoms with Gasteiger partial charge in [-0.2, -0.15) is 21.6 Å². The molecule has 31 nitrogen and oxygen atoms in total. The van der Waals surface area contributed by atoms with Gasteiger partial charge in [-0.1, -0.05) is 83.1 Å². The summed E-state index contributed by atoms with van der Waals surface area (Å²) in [6, 6.07) is -1.80. The Morgan fingerprint density at radius 2 is 0.659 bits per heavy atom. The number of hydrogen-bond acceptors (Lipinski definition) is 25. The van der Waals surface area contributed by atoms with Crippen LogP contribution in [-0.2, 0) is 68.1 Å². The first-order valence-electron chi connectivity index (χ1n) is 50.7. The second kappa shape index (κ2) is 44.8. The van der Waals surface area contributed by atoms with Gasteiger partial charge in [-0.25, -0.2) is 13.1 Å². The largest absolute Gasteiger partial charge is 1.00 e. The van der Waals surface area contributed by atoms with Gasteiger partial charge in [0.15, 0.2) is 16.1 Å². The third-order valence-electron chi connectivity index (χ3n) is 42.4. The fourth-order valence-corrected chi connectivity index (χ4v) is 37.2. The van der Waals surface area contributed by atoms with Crippen LogP contribution in [0.15, 0.2) is 0 Å². The Balaban J connectivity index is 0.000000197. The second-order valence-corrected chi connectivity index (χ2v) is 52.2. The third kappa shape index (κ3) is 23.2. The summed E-state index contributed by atoms with van der Waals surface area (Å²) in [6.45, 7) is 27.4. The van der Waals surface area contributed by atoms with Gasteiger partial charge in [0.2, 0.25) is 0 Å². The fraction of sp³-hybridized carbons (Fsp3) is 0.949. The predicted octanol–water partition coefficient (Wildman–Crippen LogP) is 9.92. The van der Waals surface area contributed by atoms with Crippen molar-refractivity contribution in [3.63, 3.8) is 0 Å². The van der Waals surface area contributed by atoms with E-state index in [2.05, 4.69) is 103 Å². The number of aliphatic hydroxyl groups excluding tert-OH is 8. The molecule has 43 atom stereocenters. The number of Topliss-reactive ketones (excluding diaryl/α,β-unsaturated/α-hetero) is 1. The number of quaternary nitrogens is 1. The van der Waals surface area contributed by atoms with Crippen molar-refractivity contribution in [2.24, 2.45) is 191 Å². The number of carboxylic acid groups (broad SMARTS) is 1. The van der Waals surface area contributed by atoms with Crippen molar-refractivity contribution in [1.29, 1.82) is 0 Å². The molecule has 0 unspecified atom stereocenters. The van der Waals surface area contributed by atoms with Crippen LogP contribution in [-0.4, -0.2) is 208 Å². The molecule has 0 aromatic rings. The molecule has 0 radical (unpaired) electrons. The Morgan fingerprint density at radius 1 is 0.407 bits per heavy atom. The Kier molecular flexibility index (Phi) is 38.7. The molecule has 16 fully saturated rings. The Labute approximate surface area is 831 Å². The van der Waals surface area contributed by atoms with Gasteiger partial charge in [0, 0.05) is 54.2 Å². The maximum atomic E-state index is 13.5. The van der Waals surface area contributed by atoms with E-state index in [-0.39, 0.29) is 204 Å². The quantitative estimate of drug-likeness (QED) is 0.0177. The van der Waals surface area contributed by atoms with E-state index in [0.717, 1.165) is 135 Å². The molecular formula is C99H172ClN4NaO27S3. The number of ether oxygens (including phenoxy) is 3. The van der Waals surface area contributed by atoms with Crippen LogP contribution in [0.3, 0.4) is 0 Å². The monoisotopic (exact) mass is 2000 g/mol. The van der Waals surface area contributed by atoms with Crippen LogP contribution in [0.1, 0.15) is 314 Å². The van der Waals surface area contributed by atoms with Crippen molar-refractivity contribution in [3.05, 3.63) is 0 Å². The van der Waals surface area contributed by atoms with Gasteiger partial charge in [-0.15, -0.1) is 0 Å².